The van der Waals surface area contributed by atoms with Crippen LogP contribution in [0.25, 0.3) is 0 Å². The molecule has 2 fully saturated rings. The predicted octanol–water partition coefficient (Wildman–Crippen LogP) is 10.2. The monoisotopic (exact) mass is 923 g/mol. The molecule has 356 valence electrons. The summed E-state index contributed by atoms with van der Waals surface area (Å²) in [5.74, 6) is 0.823. The highest BCUT2D eigenvalue weighted by Crippen LogP contribution is 2.47. The van der Waals surface area contributed by atoms with Crippen LogP contribution in [0.15, 0.2) is 71.6 Å². The van der Waals surface area contributed by atoms with E-state index >= 15 is 0 Å². The topological polar surface area (TPSA) is 105 Å². The van der Waals surface area contributed by atoms with Gasteiger partial charge in [-0.1, -0.05) is 96.5 Å². The summed E-state index contributed by atoms with van der Waals surface area (Å²) in [4.78, 5) is 2.63. The number of hydrogen-bond acceptors (Lipinski definition) is 10. The summed E-state index contributed by atoms with van der Waals surface area (Å²) >= 11 is 0. The molecule has 0 saturated carbocycles. The van der Waals surface area contributed by atoms with Crippen molar-refractivity contribution >= 4 is 24.0 Å². The second kappa shape index (κ2) is 23.2. The molecule has 0 aliphatic carbocycles. The van der Waals surface area contributed by atoms with Gasteiger partial charge in [0.25, 0.3) is 0 Å². The van der Waals surface area contributed by atoms with Gasteiger partial charge in [-0.15, -0.1) is 0 Å². The number of nitrogens with zero attached hydrogens (tertiary/aromatic N) is 2. The maximum Gasteiger partial charge on any atom is 0.243 e. The molecule has 0 amide bonds. The van der Waals surface area contributed by atoms with Crippen LogP contribution >= 0.6 is 0 Å². The van der Waals surface area contributed by atoms with E-state index < -0.39 is 30.5 Å². The second-order valence-electron chi connectivity index (χ2n) is 19.3. The van der Waals surface area contributed by atoms with Crippen LogP contribution in [0.5, 0.6) is 5.75 Å². The zero-order valence-electron chi connectivity index (χ0n) is 40.4. The second-order valence-corrected chi connectivity index (χ2v) is 26.7. The number of ether oxygens (including phenoxy) is 6. The van der Waals surface area contributed by atoms with Gasteiger partial charge in [0.1, 0.15) is 12.4 Å². The Morgan fingerprint density at radius 3 is 2.16 bits per heavy atom. The van der Waals surface area contributed by atoms with Gasteiger partial charge in [-0.3, -0.25) is 0 Å². The Hall–Kier alpha value is -2.85. The first-order valence-corrected chi connectivity index (χ1v) is 27.5. The van der Waals surface area contributed by atoms with Crippen molar-refractivity contribution in [1.29, 1.82) is 0 Å². The molecule has 64 heavy (non-hydrogen) atoms. The zero-order valence-corrected chi connectivity index (χ0v) is 42.2. The van der Waals surface area contributed by atoms with Gasteiger partial charge in [0, 0.05) is 51.8 Å². The summed E-state index contributed by atoms with van der Waals surface area (Å²) in [7, 11) is -4.69. The average Bonchev–Trinajstić information content (AvgIpc) is 3.27. The first kappa shape index (κ1) is 50.6. The first-order chi connectivity index (χ1) is 30.6. The van der Waals surface area contributed by atoms with Crippen molar-refractivity contribution in [2.75, 3.05) is 64.6 Å². The Labute approximate surface area is 386 Å². The van der Waals surface area contributed by atoms with Crippen LogP contribution in [0.2, 0.25) is 16.6 Å². The summed E-state index contributed by atoms with van der Waals surface area (Å²) < 4.78 is 75.5. The minimum Gasteiger partial charge on any atom is -0.490 e. The van der Waals surface area contributed by atoms with Crippen LogP contribution in [0.4, 0.5) is 5.69 Å². The van der Waals surface area contributed by atoms with Gasteiger partial charge in [0.2, 0.25) is 18.3 Å². The van der Waals surface area contributed by atoms with Gasteiger partial charge in [-0.05, 0) is 97.1 Å². The molecule has 6 atom stereocenters. The molecule has 1 unspecified atom stereocenters. The van der Waals surface area contributed by atoms with Crippen molar-refractivity contribution in [3.8, 4) is 5.75 Å². The maximum atomic E-state index is 14.7. The molecule has 3 aliphatic rings. The molecule has 2 saturated heterocycles. The molecule has 3 aliphatic heterocycles. The average molecular weight is 923 g/mol. The molecule has 3 heterocycles. The molecule has 3 aromatic rings. The number of anilines is 1. The standard InChI is InChI=1S/C51H78N2O9SSi/c1-36(2)64(37(3)4,38(5)6)62-49-32-53(63(54,55)45-22-15-39(7)16-23-45)31-48(60-35-43-19-24-47-46(30-43)52(26-29-58-47)25-13-27-56-10)51(49)44-20-17-42(18-21-44)34-57-33-40(8)41(9)61-50-14-11-12-28-59-50/h15-24,30,36-38,40-41,48-51H,11-14,25-29,31-35H2,1-10H3/t40-,41+,48+,49-,50?,51-/m1/s1. The van der Waals surface area contributed by atoms with Crippen LogP contribution in [-0.2, 0) is 51.3 Å². The molecule has 6 rings (SSSR count). The van der Waals surface area contributed by atoms with E-state index in [1.54, 1.807) is 23.5 Å². The van der Waals surface area contributed by atoms with Gasteiger partial charge in [0.05, 0.1) is 55.3 Å². The molecule has 11 nitrogen and oxygen atoms in total. The van der Waals surface area contributed by atoms with E-state index in [0.29, 0.717) is 49.7 Å². The van der Waals surface area contributed by atoms with E-state index in [1.165, 1.54) is 0 Å². The molecule has 13 heteroatoms. The van der Waals surface area contributed by atoms with Gasteiger partial charge in [-0.2, -0.15) is 4.31 Å². The lowest BCUT2D eigenvalue weighted by Crippen LogP contribution is -2.59. The van der Waals surface area contributed by atoms with Crippen molar-refractivity contribution in [1.82, 2.24) is 4.31 Å². The van der Waals surface area contributed by atoms with E-state index in [9.17, 15) is 8.42 Å². The van der Waals surface area contributed by atoms with Crippen molar-refractivity contribution in [2.45, 2.75) is 153 Å². The fourth-order valence-electron chi connectivity index (χ4n) is 10.1. The number of piperidine rings is 1. The highest BCUT2D eigenvalue weighted by molar-refractivity contribution is 7.89. The Kier molecular flexibility index (Phi) is 18.4. The van der Waals surface area contributed by atoms with Gasteiger partial charge < -0.3 is 37.7 Å². The number of aryl methyl sites for hydroxylation is 1. The fraction of sp³-hybridized carbons (Fsp3) is 0.647. The Morgan fingerprint density at radius 1 is 0.812 bits per heavy atom. The molecule has 3 aromatic carbocycles. The minimum atomic E-state index is -3.90. The first-order valence-electron chi connectivity index (χ1n) is 23.9. The third-order valence-corrected chi connectivity index (χ3v) is 21.8. The number of sulfonamides is 1. The molecule has 0 bridgehead atoms. The molecule has 0 radical (unpaired) electrons. The third kappa shape index (κ3) is 12.4. The lowest BCUT2D eigenvalue weighted by atomic mass is 9.85. The van der Waals surface area contributed by atoms with Crippen LogP contribution < -0.4 is 9.64 Å². The van der Waals surface area contributed by atoms with Crippen molar-refractivity contribution in [2.24, 2.45) is 5.92 Å². The lowest BCUT2D eigenvalue weighted by Gasteiger charge is -2.50. The van der Waals surface area contributed by atoms with Crippen LogP contribution in [0.1, 0.15) is 109 Å². The zero-order chi connectivity index (χ0) is 46.0. The quantitative estimate of drug-likeness (QED) is 0.0715. The van der Waals surface area contributed by atoms with Gasteiger partial charge >= 0.3 is 0 Å². The Bertz CT molecular complexity index is 1970. The lowest BCUT2D eigenvalue weighted by molar-refractivity contribution is -0.196. The molecule has 0 N–H and O–H groups in total. The molecule has 0 aromatic heterocycles. The summed E-state index contributed by atoms with van der Waals surface area (Å²) in [5.41, 5.74) is 6.07. The number of rotatable bonds is 22. The van der Waals surface area contributed by atoms with Crippen LogP contribution in [-0.4, -0.2) is 105 Å². The SMILES string of the molecule is COCCCN1CCOc2ccc(CO[C@H]3CN(S(=O)(=O)c4ccc(C)cc4)C[C@@H](O[Si](C(C)C)(C(C)C)C(C)C)[C@@H]3c3ccc(COC[C@@H](C)[C@H](C)OC4CCCCO4)cc3)cc21. The summed E-state index contributed by atoms with van der Waals surface area (Å²) in [6.45, 7) is 25.4. The fourth-order valence-corrected chi connectivity index (χ4v) is 17.2. The molecule has 0 spiro atoms. The Morgan fingerprint density at radius 2 is 1.50 bits per heavy atom. The summed E-state index contributed by atoms with van der Waals surface area (Å²) in [6.07, 6.45) is 3.01. The number of fused-ring (bicyclic) bond motifs is 1. The van der Waals surface area contributed by atoms with Crippen molar-refractivity contribution in [3.05, 3.63) is 89.0 Å². The predicted molar refractivity (Wildman–Crippen MR) is 257 cm³/mol. The highest BCUT2D eigenvalue weighted by atomic mass is 32.2. The smallest absolute Gasteiger partial charge is 0.243 e. The van der Waals surface area contributed by atoms with E-state index in [4.69, 9.17) is 32.8 Å². The number of methoxy groups -OCH3 is 1. The van der Waals surface area contributed by atoms with Gasteiger partial charge in [0.15, 0.2) is 6.29 Å². The van der Waals surface area contributed by atoms with E-state index in [0.717, 1.165) is 79.1 Å². The molecular formula is C51H78N2O9SSi. The van der Waals surface area contributed by atoms with E-state index in [1.807, 2.05) is 25.1 Å². The van der Waals surface area contributed by atoms with Crippen molar-refractivity contribution < 1.29 is 41.3 Å². The highest BCUT2D eigenvalue weighted by Gasteiger charge is 2.51. The molecular weight excluding hydrogens is 845 g/mol. The van der Waals surface area contributed by atoms with Crippen LogP contribution in [0, 0.1) is 12.8 Å². The largest absolute Gasteiger partial charge is 0.490 e. The van der Waals surface area contributed by atoms with Crippen LogP contribution in [0.3, 0.4) is 0 Å². The van der Waals surface area contributed by atoms with Gasteiger partial charge in [-0.25, -0.2) is 8.42 Å². The number of benzene rings is 3. The maximum absolute atomic E-state index is 14.7. The summed E-state index contributed by atoms with van der Waals surface area (Å²) in [6, 6.07) is 22.0. The number of hydrogen-bond donors (Lipinski definition) is 0. The van der Waals surface area contributed by atoms with E-state index in [-0.39, 0.29) is 42.2 Å². The minimum absolute atomic E-state index is 0.0210. The van der Waals surface area contributed by atoms with Crippen molar-refractivity contribution in [3.63, 3.8) is 0 Å². The van der Waals surface area contributed by atoms with E-state index in [2.05, 4.69) is 96.7 Å². The Balaban J connectivity index is 1.31. The summed E-state index contributed by atoms with van der Waals surface area (Å²) in [5, 5.41) is 0. The normalized spacial score (nSPS) is 22.2. The third-order valence-electron chi connectivity index (χ3n) is 13.8.